The van der Waals surface area contributed by atoms with Gasteiger partial charge in [-0.05, 0) is 41.3 Å². The van der Waals surface area contributed by atoms with Crippen LogP contribution in [0.15, 0.2) is 55.9 Å². The van der Waals surface area contributed by atoms with Crippen LogP contribution in [-0.2, 0) is 6.42 Å². The Morgan fingerprint density at radius 2 is 2.09 bits per heavy atom. The number of thiophene rings is 1. The molecule has 22 heavy (non-hydrogen) atoms. The average molecular weight is 328 g/mol. The van der Waals surface area contributed by atoms with Crippen LogP contribution in [0.25, 0.3) is 16.3 Å². The summed E-state index contributed by atoms with van der Waals surface area (Å²) in [4.78, 5) is 6.43. The monoisotopic (exact) mass is 327 g/mol. The highest BCUT2D eigenvalue weighted by Crippen LogP contribution is 2.35. The topological polar surface area (TPSA) is 41.6 Å². The van der Waals surface area contributed by atoms with Crippen molar-refractivity contribution < 1.29 is 0 Å². The molecule has 1 N–H and O–H groups in total. The lowest BCUT2D eigenvalue weighted by Crippen LogP contribution is -1.89. The van der Waals surface area contributed by atoms with Crippen LogP contribution in [0.5, 0.6) is 0 Å². The molecule has 0 aliphatic rings. The van der Waals surface area contributed by atoms with Gasteiger partial charge in [0.05, 0.1) is 4.88 Å². The SMILES string of the molecule is C=CC(=C)c1cc(Cc2ccc(Cl)cc2)c(-c2ncn[nH]2)s1. The Balaban J connectivity index is 2.01. The van der Waals surface area contributed by atoms with Crippen LogP contribution in [0.1, 0.15) is 16.0 Å². The standard InChI is InChI=1S/C17H14ClN3S/c1-3-11(2)15-9-13(8-12-4-6-14(18)7-5-12)16(22-15)17-19-10-20-21-17/h3-7,9-10H,1-2,8H2,(H,19,20,21). The predicted octanol–water partition coefficient (Wildman–Crippen LogP) is 4.98. The van der Waals surface area contributed by atoms with Gasteiger partial charge in [0.25, 0.3) is 0 Å². The molecule has 0 bridgehead atoms. The molecule has 0 saturated carbocycles. The number of halogens is 1. The molecule has 3 nitrogen and oxygen atoms in total. The molecular formula is C17H14ClN3S. The smallest absolute Gasteiger partial charge is 0.165 e. The van der Waals surface area contributed by atoms with Crippen molar-refractivity contribution in [2.45, 2.75) is 6.42 Å². The predicted molar refractivity (Wildman–Crippen MR) is 93.2 cm³/mol. The molecular weight excluding hydrogens is 314 g/mol. The molecule has 3 aromatic rings. The Hall–Kier alpha value is -2.17. The van der Waals surface area contributed by atoms with Crippen LogP contribution < -0.4 is 0 Å². The maximum Gasteiger partial charge on any atom is 0.165 e. The van der Waals surface area contributed by atoms with Gasteiger partial charge in [0.15, 0.2) is 5.82 Å². The molecule has 5 heteroatoms. The minimum Gasteiger partial charge on any atom is -0.259 e. The number of allylic oxidation sites excluding steroid dienone is 2. The van der Waals surface area contributed by atoms with E-state index in [4.69, 9.17) is 11.6 Å². The van der Waals surface area contributed by atoms with Gasteiger partial charge in [0, 0.05) is 9.90 Å². The van der Waals surface area contributed by atoms with Crippen molar-refractivity contribution in [2.24, 2.45) is 0 Å². The quantitative estimate of drug-likeness (QED) is 0.672. The Morgan fingerprint density at radius 3 is 2.73 bits per heavy atom. The molecule has 2 aromatic heterocycles. The summed E-state index contributed by atoms with van der Waals surface area (Å²) in [5.41, 5.74) is 3.29. The molecule has 0 fully saturated rings. The summed E-state index contributed by atoms with van der Waals surface area (Å²) in [5, 5.41) is 7.62. The van der Waals surface area contributed by atoms with Crippen molar-refractivity contribution in [3.8, 4) is 10.7 Å². The minimum atomic E-state index is 0.741. The first-order valence-electron chi connectivity index (χ1n) is 6.72. The highest BCUT2D eigenvalue weighted by molar-refractivity contribution is 7.16. The van der Waals surface area contributed by atoms with Gasteiger partial charge in [-0.15, -0.1) is 11.3 Å². The van der Waals surface area contributed by atoms with E-state index in [-0.39, 0.29) is 0 Å². The van der Waals surface area contributed by atoms with Crippen molar-refractivity contribution in [3.05, 3.63) is 76.9 Å². The lowest BCUT2D eigenvalue weighted by Gasteiger charge is -2.02. The molecule has 110 valence electrons. The van der Waals surface area contributed by atoms with Gasteiger partial charge < -0.3 is 0 Å². The zero-order valence-electron chi connectivity index (χ0n) is 11.8. The number of benzene rings is 1. The Bertz CT molecular complexity index is 801. The first-order valence-corrected chi connectivity index (χ1v) is 7.91. The van der Waals surface area contributed by atoms with Crippen molar-refractivity contribution in [1.82, 2.24) is 15.2 Å². The third-order valence-corrected chi connectivity index (χ3v) is 4.82. The lowest BCUT2D eigenvalue weighted by molar-refractivity contribution is 1.09. The van der Waals surface area contributed by atoms with E-state index >= 15 is 0 Å². The zero-order valence-corrected chi connectivity index (χ0v) is 13.4. The van der Waals surface area contributed by atoms with E-state index in [9.17, 15) is 0 Å². The van der Waals surface area contributed by atoms with E-state index in [1.807, 2.05) is 24.3 Å². The van der Waals surface area contributed by atoms with Gasteiger partial charge in [0.1, 0.15) is 6.33 Å². The molecule has 0 unspecified atom stereocenters. The third-order valence-electron chi connectivity index (χ3n) is 3.31. The molecule has 0 spiro atoms. The minimum absolute atomic E-state index is 0.741. The number of nitrogens with zero attached hydrogens (tertiary/aromatic N) is 2. The summed E-state index contributed by atoms with van der Waals surface area (Å²) in [7, 11) is 0. The van der Waals surface area contributed by atoms with Gasteiger partial charge in [-0.3, -0.25) is 5.10 Å². The van der Waals surface area contributed by atoms with E-state index in [1.165, 1.54) is 17.5 Å². The average Bonchev–Trinajstić information content (AvgIpc) is 3.18. The number of H-pyrrole nitrogens is 1. The molecule has 0 aliphatic heterocycles. The maximum atomic E-state index is 5.95. The fourth-order valence-electron chi connectivity index (χ4n) is 2.16. The van der Waals surface area contributed by atoms with Crippen molar-refractivity contribution in [2.75, 3.05) is 0 Å². The van der Waals surface area contributed by atoms with Gasteiger partial charge >= 0.3 is 0 Å². The van der Waals surface area contributed by atoms with Gasteiger partial charge in [-0.25, -0.2) is 4.98 Å². The molecule has 2 heterocycles. The summed E-state index contributed by atoms with van der Waals surface area (Å²) in [5.74, 6) is 0.775. The first kappa shape index (κ1) is 14.8. The number of hydrogen-bond acceptors (Lipinski definition) is 3. The lowest BCUT2D eigenvalue weighted by atomic mass is 10.0. The highest BCUT2D eigenvalue weighted by atomic mass is 35.5. The van der Waals surface area contributed by atoms with E-state index in [2.05, 4.69) is 34.4 Å². The number of aromatic nitrogens is 3. The van der Waals surface area contributed by atoms with Crippen molar-refractivity contribution in [3.63, 3.8) is 0 Å². The summed E-state index contributed by atoms with van der Waals surface area (Å²) in [6, 6.07) is 10.0. The van der Waals surface area contributed by atoms with Gasteiger partial charge in [-0.1, -0.05) is 43.0 Å². The van der Waals surface area contributed by atoms with Crippen LogP contribution in [0.2, 0.25) is 5.02 Å². The number of rotatable bonds is 5. The molecule has 0 amide bonds. The fraction of sp³-hybridized carbons (Fsp3) is 0.0588. The normalized spacial score (nSPS) is 10.6. The van der Waals surface area contributed by atoms with Crippen LogP contribution in [0, 0.1) is 0 Å². The molecule has 0 radical (unpaired) electrons. The molecule has 0 saturated heterocycles. The second-order valence-corrected chi connectivity index (χ2v) is 6.32. The van der Waals surface area contributed by atoms with E-state index < -0.39 is 0 Å². The number of hydrogen-bond donors (Lipinski definition) is 1. The van der Waals surface area contributed by atoms with Crippen LogP contribution in [0.3, 0.4) is 0 Å². The van der Waals surface area contributed by atoms with Crippen molar-refractivity contribution >= 4 is 28.5 Å². The molecule has 1 aromatic carbocycles. The maximum absolute atomic E-state index is 5.95. The van der Waals surface area contributed by atoms with Crippen molar-refractivity contribution in [1.29, 1.82) is 0 Å². The van der Waals surface area contributed by atoms with E-state index in [0.29, 0.717) is 0 Å². The highest BCUT2D eigenvalue weighted by Gasteiger charge is 2.14. The zero-order chi connectivity index (χ0) is 15.5. The second-order valence-electron chi connectivity index (χ2n) is 4.83. The van der Waals surface area contributed by atoms with Gasteiger partial charge in [0.2, 0.25) is 0 Å². The van der Waals surface area contributed by atoms with Crippen LogP contribution in [0.4, 0.5) is 0 Å². The molecule has 0 aliphatic carbocycles. The Labute approximate surface area is 138 Å². The van der Waals surface area contributed by atoms with E-state index in [1.54, 1.807) is 17.4 Å². The summed E-state index contributed by atoms with van der Waals surface area (Å²) < 4.78 is 0. The number of aromatic amines is 1. The van der Waals surface area contributed by atoms with Crippen LogP contribution in [-0.4, -0.2) is 15.2 Å². The third kappa shape index (κ3) is 3.03. The van der Waals surface area contributed by atoms with E-state index in [0.717, 1.165) is 32.6 Å². The summed E-state index contributed by atoms with van der Waals surface area (Å²) in [6.45, 7) is 7.82. The molecule has 3 rings (SSSR count). The Morgan fingerprint density at radius 1 is 1.32 bits per heavy atom. The number of nitrogens with one attached hydrogen (secondary N) is 1. The summed E-state index contributed by atoms with van der Waals surface area (Å²) in [6.07, 6.45) is 4.08. The van der Waals surface area contributed by atoms with Crippen LogP contribution >= 0.6 is 22.9 Å². The first-order chi connectivity index (χ1) is 10.7. The summed E-state index contributed by atoms with van der Waals surface area (Å²) >= 11 is 7.59. The molecule has 0 atom stereocenters. The second kappa shape index (κ2) is 6.30. The Kier molecular flexibility index (Phi) is 4.22. The largest absolute Gasteiger partial charge is 0.259 e. The fourth-order valence-corrected chi connectivity index (χ4v) is 3.38. The van der Waals surface area contributed by atoms with Gasteiger partial charge in [-0.2, -0.15) is 5.10 Å².